The lowest BCUT2D eigenvalue weighted by Crippen LogP contribution is -2.30. The molecule has 0 bridgehead atoms. The Morgan fingerprint density at radius 1 is 1.29 bits per heavy atom. The van der Waals surface area contributed by atoms with E-state index in [-0.39, 0.29) is 24.0 Å². The van der Waals surface area contributed by atoms with Crippen molar-refractivity contribution in [3.05, 3.63) is 69.5 Å². The van der Waals surface area contributed by atoms with Gasteiger partial charge in [0.25, 0.3) is 11.6 Å². The number of nitro benzene ring substituents is 1. The van der Waals surface area contributed by atoms with Crippen molar-refractivity contribution < 1.29 is 18.8 Å². The van der Waals surface area contributed by atoms with E-state index in [0.29, 0.717) is 29.8 Å². The topological polar surface area (TPSA) is 81.5 Å². The maximum atomic E-state index is 13.4. The zero-order valence-electron chi connectivity index (χ0n) is 13.1. The Bertz CT molecular complexity index is 749. The fourth-order valence-corrected chi connectivity index (χ4v) is 2.16. The van der Waals surface area contributed by atoms with Gasteiger partial charge in [-0.25, -0.2) is 4.39 Å². The van der Waals surface area contributed by atoms with Crippen LogP contribution in [0, 0.1) is 22.9 Å². The highest BCUT2D eigenvalue weighted by Gasteiger charge is 2.11. The summed E-state index contributed by atoms with van der Waals surface area (Å²) in [6, 6.07) is 10.7. The normalized spacial score (nSPS) is 10.2. The quantitative estimate of drug-likeness (QED) is 0.624. The average molecular weight is 332 g/mol. The first-order chi connectivity index (χ1) is 11.5. The van der Waals surface area contributed by atoms with Crippen LogP contribution in [0.4, 0.5) is 10.1 Å². The fourth-order valence-electron chi connectivity index (χ4n) is 2.16. The minimum absolute atomic E-state index is 0.00307. The van der Waals surface area contributed by atoms with Gasteiger partial charge in [-0.2, -0.15) is 0 Å². The summed E-state index contributed by atoms with van der Waals surface area (Å²) in [7, 11) is 0. The number of amides is 1. The Labute approximate surface area is 138 Å². The van der Waals surface area contributed by atoms with Crippen LogP contribution in [0.3, 0.4) is 0 Å². The highest BCUT2D eigenvalue weighted by Crippen LogP contribution is 2.22. The SMILES string of the molecule is Cc1cc(OCC(=O)NCCc2ccccc2F)ccc1[N+](=O)[O-]. The molecule has 24 heavy (non-hydrogen) atoms. The molecule has 0 unspecified atom stereocenters. The van der Waals surface area contributed by atoms with Crippen molar-refractivity contribution in [3.8, 4) is 5.75 Å². The lowest BCUT2D eigenvalue weighted by Gasteiger charge is -2.08. The molecule has 0 aliphatic carbocycles. The van der Waals surface area contributed by atoms with Gasteiger partial charge in [0.1, 0.15) is 11.6 Å². The van der Waals surface area contributed by atoms with Crippen molar-refractivity contribution >= 4 is 11.6 Å². The Morgan fingerprint density at radius 2 is 2.04 bits per heavy atom. The van der Waals surface area contributed by atoms with E-state index in [1.165, 1.54) is 24.3 Å². The summed E-state index contributed by atoms with van der Waals surface area (Å²) in [5, 5.41) is 13.4. The van der Waals surface area contributed by atoms with Gasteiger partial charge >= 0.3 is 0 Å². The molecule has 2 aromatic rings. The predicted octanol–water partition coefficient (Wildman–Crippen LogP) is 2.78. The van der Waals surface area contributed by atoms with Crippen LogP contribution >= 0.6 is 0 Å². The Morgan fingerprint density at radius 3 is 2.71 bits per heavy atom. The van der Waals surface area contributed by atoms with Crippen LogP contribution in [0.25, 0.3) is 0 Å². The number of carbonyl (C=O) groups excluding carboxylic acids is 1. The van der Waals surface area contributed by atoms with Crippen molar-refractivity contribution in [1.29, 1.82) is 0 Å². The number of hydrogen-bond acceptors (Lipinski definition) is 4. The molecule has 0 atom stereocenters. The predicted molar refractivity (Wildman–Crippen MR) is 86.4 cm³/mol. The third kappa shape index (κ3) is 4.77. The van der Waals surface area contributed by atoms with Gasteiger partial charge in [0, 0.05) is 18.2 Å². The summed E-state index contributed by atoms with van der Waals surface area (Å²) in [6.07, 6.45) is 0.384. The van der Waals surface area contributed by atoms with Crippen LogP contribution in [-0.2, 0) is 11.2 Å². The molecule has 126 valence electrons. The van der Waals surface area contributed by atoms with Gasteiger partial charge in [-0.1, -0.05) is 18.2 Å². The monoisotopic (exact) mass is 332 g/mol. The molecule has 1 N–H and O–H groups in total. The molecule has 0 aliphatic rings. The molecule has 6 nitrogen and oxygen atoms in total. The highest BCUT2D eigenvalue weighted by atomic mass is 19.1. The molecule has 0 aromatic heterocycles. The van der Waals surface area contributed by atoms with Crippen LogP contribution in [0.2, 0.25) is 0 Å². The lowest BCUT2D eigenvalue weighted by atomic mass is 10.1. The van der Waals surface area contributed by atoms with Crippen molar-refractivity contribution in [2.45, 2.75) is 13.3 Å². The summed E-state index contributed by atoms with van der Waals surface area (Å²) in [5.74, 6) is -0.269. The van der Waals surface area contributed by atoms with Crippen LogP contribution in [0.5, 0.6) is 5.75 Å². The Kier molecular flexibility index (Phi) is 5.83. The summed E-state index contributed by atoms with van der Waals surface area (Å²) in [5.41, 5.74) is 0.985. The molecule has 1 amide bonds. The molecular weight excluding hydrogens is 315 g/mol. The van der Waals surface area contributed by atoms with Crippen LogP contribution in [-0.4, -0.2) is 24.0 Å². The number of rotatable bonds is 7. The van der Waals surface area contributed by atoms with Crippen molar-refractivity contribution in [2.24, 2.45) is 0 Å². The molecule has 2 aromatic carbocycles. The summed E-state index contributed by atoms with van der Waals surface area (Å²) in [4.78, 5) is 22.0. The van der Waals surface area contributed by atoms with Gasteiger partial charge in [0.2, 0.25) is 0 Å². The second kappa shape index (κ2) is 8.05. The molecule has 7 heteroatoms. The lowest BCUT2D eigenvalue weighted by molar-refractivity contribution is -0.385. The smallest absolute Gasteiger partial charge is 0.272 e. The van der Waals surface area contributed by atoms with E-state index in [9.17, 15) is 19.3 Å². The zero-order chi connectivity index (χ0) is 17.5. The maximum absolute atomic E-state index is 13.4. The fraction of sp³-hybridized carbons (Fsp3) is 0.235. The van der Waals surface area contributed by atoms with Crippen LogP contribution < -0.4 is 10.1 Å². The minimum atomic E-state index is -0.478. The van der Waals surface area contributed by atoms with Gasteiger partial charge < -0.3 is 10.1 Å². The molecule has 0 radical (unpaired) electrons. The molecule has 2 rings (SSSR count). The van der Waals surface area contributed by atoms with Crippen LogP contribution in [0.15, 0.2) is 42.5 Å². The van der Waals surface area contributed by atoms with E-state index in [2.05, 4.69) is 5.32 Å². The number of nitrogens with zero attached hydrogens (tertiary/aromatic N) is 1. The zero-order valence-corrected chi connectivity index (χ0v) is 13.1. The Hall–Kier alpha value is -2.96. The summed E-state index contributed by atoms with van der Waals surface area (Å²) in [6.45, 7) is 1.68. The molecule has 0 saturated heterocycles. The molecule has 0 spiro atoms. The Balaban J connectivity index is 1.78. The second-order valence-electron chi connectivity index (χ2n) is 5.19. The van der Waals surface area contributed by atoms with E-state index in [4.69, 9.17) is 4.74 Å². The number of nitro groups is 1. The number of nitrogens with one attached hydrogen (secondary N) is 1. The van der Waals surface area contributed by atoms with Gasteiger partial charge in [-0.15, -0.1) is 0 Å². The number of hydrogen-bond donors (Lipinski definition) is 1. The van der Waals surface area contributed by atoms with E-state index < -0.39 is 4.92 Å². The maximum Gasteiger partial charge on any atom is 0.272 e. The third-order valence-corrected chi connectivity index (χ3v) is 3.41. The van der Waals surface area contributed by atoms with Gasteiger partial charge in [-0.05, 0) is 37.1 Å². The van der Waals surface area contributed by atoms with Crippen molar-refractivity contribution in [1.82, 2.24) is 5.32 Å². The number of carbonyl (C=O) groups is 1. The molecule has 0 saturated carbocycles. The third-order valence-electron chi connectivity index (χ3n) is 3.41. The molecule has 0 aliphatic heterocycles. The van der Waals surface area contributed by atoms with Gasteiger partial charge in [0.15, 0.2) is 6.61 Å². The largest absolute Gasteiger partial charge is 0.484 e. The molecule has 0 fully saturated rings. The first-order valence-electron chi connectivity index (χ1n) is 7.35. The number of ether oxygens (including phenoxy) is 1. The van der Waals surface area contributed by atoms with Gasteiger partial charge in [0.05, 0.1) is 4.92 Å². The van der Waals surface area contributed by atoms with Crippen molar-refractivity contribution in [3.63, 3.8) is 0 Å². The van der Waals surface area contributed by atoms with E-state index >= 15 is 0 Å². The van der Waals surface area contributed by atoms with Crippen LogP contribution in [0.1, 0.15) is 11.1 Å². The molecular formula is C17H17FN2O4. The standard InChI is InChI=1S/C17H17FN2O4/c1-12-10-14(6-7-16(12)20(22)23)24-11-17(21)19-9-8-13-4-2-3-5-15(13)18/h2-7,10H,8-9,11H2,1H3,(H,19,21). The molecule has 0 heterocycles. The number of halogens is 1. The summed E-state index contributed by atoms with van der Waals surface area (Å²) >= 11 is 0. The van der Waals surface area contributed by atoms with Gasteiger partial charge in [-0.3, -0.25) is 14.9 Å². The van der Waals surface area contributed by atoms with E-state index in [1.807, 2.05) is 0 Å². The summed E-state index contributed by atoms with van der Waals surface area (Å²) < 4.78 is 18.7. The average Bonchev–Trinajstić information content (AvgIpc) is 2.54. The second-order valence-corrected chi connectivity index (χ2v) is 5.19. The van der Waals surface area contributed by atoms with Crippen molar-refractivity contribution in [2.75, 3.05) is 13.2 Å². The number of aryl methyl sites for hydroxylation is 1. The van der Waals surface area contributed by atoms with E-state index in [0.717, 1.165) is 0 Å². The highest BCUT2D eigenvalue weighted by molar-refractivity contribution is 5.77. The van der Waals surface area contributed by atoms with E-state index in [1.54, 1.807) is 25.1 Å². The first-order valence-corrected chi connectivity index (χ1v) is 7.35. The number of benzene rings is 2. The minimum Gasteiger partial charge on any atom is -0.484 e. The first kappa shape index (κ1) is 17.4.